The molecule has 2 atom stereocenters. The molecule has 1 aromatic carbocycles. The van der Waals surface area contributed by atoms with Crippen molar-refractivity contribution in [2.45, 2.75) is 45.2 Å². The molecule has 0 bridgehead atoms. The predicted octanol–water partition coefficient (Wildman–Crippen LogP) is 0.0331. The molecule has 1 heterocycles. The molecule has 0 saturated heterocycles. The molecule has 0 aliphatic carbocycles. The number of rotatable bonds is 9. The van der Waals surface area contributed by atoms with E-state index in [0.717, 1.165) is 5.56 Å². The van der Waals surface area contributed by atoms with Gasteiger partial charge in [-0.05, 0) is 17.9 Å². The first-order valence-electron chi connectivity index (χ1n) is 9.04. The van der Waals surface area contributed by atoms with Crippen LogP contribution in [0, 0.1) is 5.92 Å². The molecule has 4 N–H and O–H groups in total. The maximum atomic E-state index is 12.2. The molecular formula is C18H26BN3O5. The Bertz CT molecular complexity index is 666. The van der Waals surface area contributed by atoms with Gasteiger partial charge in [0.2, 0.25) is 12.0 Å². The summed E-state index contributed by atoms with van der Waals surface area (Å²) in [6.45, 7) is 4.05. The van der Waals surface area contributed by atoms with Gasteiger partial charge in [0.15, 0.2) is 0 Å². The molecule has 0 aromatic heterocycles. The second-order valence-electron chi connectivity index (χ2n) is 7.05. The lowest BCUT2D eigenvalue weighted by molar-refractivity contribution is -0.131. The van der Waals surface area contributed by atoms with Gasteiger partial charge >= 0.3 is 7.12 Å². The Hall–Kier alpha value is -2.39. The van der Waals surface area contributed by atoms with Gasteiger partial charge in [0.1, 0.15) is 0 Å². The van der Waals surface area contributed by atoms with Crippen LogP contribution in [0.5, 0.6) is 0 Å². The van der Waals surface area contributed by atoms with Crippen molar-refractivity contribution in [1.29, 1.82) is 0 Å². The summed E-state index contributed by atoms with van der Waals surface area (Å²) < 4.78 is 0. The molecule has 8 nitrogen and oxygen atoms in total. The fourth-order valence-electron chi connectivity index (χ4n) is 2.75. The number of hydrogen-bond acceptors (Lipinski definition) is 6. The highest BCUT2D eigenvalue weighted by Crippen LogP contribution is 2.12. The molecule has 27 heavy (non-hydrogen) atoms. The monoisotopic (exact) mass is 375 g/mol. The molecule has 2 amide bonds. The van der Waals surface area contributed by atoms with Crippen molar-refractivity contribution in [3.8, 4) is 0 Å². The second-order valence-corrected chi connectivity index (χ2v) is 7.05. The van der Waals surface area contributed by atoms with Crippen LogP contribution < -0.4 is 10.6 Å². The van der Waals surface area contributed by atoms with Crippen molar-refractivity contribution in [2.24, 2.45) is 11.1 Å². The molecule has 9 heteroatoms. The summed E-state index contributed by atoms with van der Waals surface area (Å²) in [6, 6.07) is 9.38. The standard InChI is InChI=1S/C18H26BN3O5/c1-12(2)8-16(19(25)26)21-18(24)15-10-14(22-27-15)11-20-17(23)9-13-6-4-3-5-7-13/h3-7,12,15-16,25-26H,8-11H2,1-2H3,(H,20,23)(H,21,24)/t15?,16-/m0/s1. The predicted molar refractivity (Wildman–Crippen MR) is 102 cm³/mol. The Morgan fingerprint density at radius 1 is 1.30 bits per heavy atom. The summed E-state index contributed by atoms with van der Waals surface area (Å²) in [5, 5.41) is 28.0. The van der Waals surface area contributed by atoms with Crippen LogP contribution in [0.2, 0.25) is 0 Å². The number of nitrogens with one attached hydrogen (secondary N) is 2. The SMILES string of the molecule is CC(C)C[C@H](NC(=O)C1CC(CNC(=O)Cc2ccccc2)=NO1)B(O)O. The lowest BCUT2D eigenvalue weighted by atomic mass is 9.75. The third kappa shape index (κ3) is 7.03. The number of hydrogen-bond donors (Lipinski definition) is 4. The van der Waals surface area contributed by atoms with Crippen molar-refractivity contribution >= 4 is 24.6 Å². The number of benzene rings is 1. The Balaban J connectivity index is 1.75. The second kappa shape index (κ2) is 10.1. The van der Waals surface area contributed by atoms with Crippen LogP contribution >= 0.6 is 0 Å². The topological polar surface area (TPSA) is 120 Å². The first-order chi connectivity index (χ1) is 12.8. The lowest BCUT2D eigenvalue weighted by Gasteiger charge is -2.20. The zero-order chi connectivity index (χ0) is 19.8. The highest BCUT2D eigenvalue weighted by molar-refractivity contribution is 6.43. The van der Waals surface area contributed by atoms with Crippen LogP contribution in [0.25, 0.3) is 0 Å². The molecule has 0 saturated carbocycles. The summed E-state index contributed by atoms with van der Waals surface area (Å²) in [5.74, 6) is -1.18. The van der Waals surface area contributed by atoms with Crippen molar-refractivity contribution < 1.29 is 24.5 Å². The van der Waals surface area contributed by atoms with Crippen LogP contribution in [0.1, 0.15) is 32.3 Å². The number of nitrogens with zero attached hydrogens (tertiary/aromatic N) is 1. The maximum Gasteiger partial charge on any atom is 0.475 e. The first kappa shape index (κ1) is 20.9. The van der Waals surface area contributed by atoms with Crippen molar-refractivity contribution in [2.75, 3.05) is 6.54 Å². The van der Waals surface area contributed by atoms with Crippen molar-refractivity contribution in [3.05, 3.63) is 35.9 Å². The molecule has 0 spiro atoms. The number of carbonyl (C=O) groups is 2. The largest absolute Gasteiger partial charge is 0.475 e. The molecule has 1 aliphatic rings. The van der Waals surface area contributed by atoms with Crippen LogP contribution in [-0.4, -0.2) is 53.3 Å². The summed E-state index contributed by atoms with van der Waals surface area (Å²) >= 11 is 0. The van der Waals surface area contributed by atoms with E-state index in [0.29, 0.717) is 12.1 Å². The van der Waals surface area contributed by atoms with Crippen LogP contribution in [-0.2, 0) is 20.8 Å². The number of amides is 2. The minimum absolute atomic E-state index is 0.141. The van der Waals surface area contributed by atoms with E-state index in [2.05, 4.69) is 15.8 Å². The number of carbonyl (C=O) groups excluding carboxylic acids is 2. The van der Waals surface area contributed by atoms with Crippen molar-refractivity contribution in [1.82, 2.24) is 10.6 Å². The molecule has 1 aromatic rings. The molecule has 1 aliphatic heterocycles. The maximum absolute atomic E-state index is 12.2. The highest BCUT2D eigenvalue weighted by Gasteiger charge is 2.33. The van der Waals surface area contributed by atoms with Crippen LogP contribution in [0.4, 0.5) is 0 Å². The van der Waals surface area contributed by atoms with E-state index in [1.165, 1.54) is 0 Å². The summed E-state index contributed by atoms with van der Waals surface area (Å²) in [6.07, 6.45) is 0.108. The third-order valence-electron chi connectivity index (χ3n) is 4.13. The van der Waals surface area contributed by atoms with Crippen LogP contribution in [0.3, 0.4) is 0 Å². The normalized spacial score (nSPS) is 17.1. The van der Waals surface area contributed by atoms with E-state index >= 15 is 0 Å². The Kier molecular flexibility index (Phi) is 7.81. The molecule has 2 rings (SSSR count). The van der Waals surface area contributed by atoms with E-state index in [1.54, 1.807) is 0 Å². The van der Waals surface area contributed by atoms with Crippen LogP contribution in [0.15, 0.2) is 35.5 Å². The molecule has 0 radical (unpaired) electrons. The van der Waals surface area contributed by atoms with E-state index in [1.807, 2.05) is 44.2 Å². The van der Waals surface area contributed by atoms with Gasteiger partial charge in [0.25, 0.3) is 5.91 Å². The average Bonchev–Trinajstić information content (AvgIpc) is 3.09. The zero-order valence-electron chi connectivity index (χ0n) is 15.6. The van der Waals surface area contributed by atoms with Gasteiger partial charge in [-0.15, -0.1) is 0 Å². The molecule has 1 unspecified atom stereocenters. The summed E-state index contributed by atoms with van der Waals surface area (Å²) in [5.41, 5.74) is 1.47. The first-order valence-corrected chi connectivity index (χ1v) is 9.04. The fourth-order valence-corrected chi connectivity index (χ4v) is 2.75. The Morgan fingerprint density at radius 2 is 2.00 bits per heavy atom. The zero-order valence-corrected chi connectivity index (χ0v) is 15.6. The Labute approximate surface area is 159 Å². The van der Waals surface area contributed by atoms with Gasteiger partial charge in [0.05, 0.1) is 24.6 Å². The molecule has 146 valence electrons. The van der Waals surface area contributed by atoms with Gasteiger partial charge in [-0.25, -0.2) is 0 Å². The van der Waals surface area contributed by atoms with Gasteiger partial charge in [-0.1, -0.05) is 49.3 Å². The van der Waals surface area contributed by atoms with Gasteiger partial charge in [-0.2, -0.15) is 0 Å². The van der Waals surface area contributed by atoms with E-state index in [9.17, 15) is 19.6 Å². The van der Waals surface area contributed by atoms with E-state index in [-0.39, 0.29) is 31.2 Å². The van der Waals surface area contributed by atoms with E-state index in [4.69, 9.17) is 4.84 Å². The lowest BCUT2D eigenvalue weighted by Crippen LogP contribution is -2.50. The van der Waals surface area contributed by atoms with Gasteiger partial charge < -0.3 is 25.5 Å². The van der Waals surface area contributed by atoms with Crippen molar-refractivity contribution in [3.63, 3.8) is 0 Å². The average molecular weight is 375 g/mol. The minimum atomic E-state index is -1.64. The van der Waals surface area contributed by atoms with Gasteiger partial charge in [0, 0.05) is 6.42 Å². The highest BCUT2D eigenvalue weighted by atomic mass is 16.6. The third-order valence-corrected chi connectivity index (χ3v) is 4.13. The summed E-state index contributed by atoms with van der Waals surface area (Å²) in [4.78, 5) is 29.3. The summed E-state index contributed by atoms with van der Waals surface area (Å²) in [7, 11) is -1.64. The molecule has 0 fully saturated rings. The molecular weight excluding hydrogens is 349 g/mol. The van der Waals surface area contributed by atoms with E-state index < -0.39 is 25.1 Å². The fraction of sp³-hybridized carbons (Fsp3) is 0.500. The quantitative estimate of drug-likeness (QED) is 0.454. The van der Waals surface area contributed by atoms with Gasteiger partial charge in [-0.3, -0.25) is 9.59 Å². The number of oxime groups is 1. The minimum Gasteiger partial charge on any atom is -0.426 e. The smallest absolute Gasteiger partial charge is 0.426 e. The Morgan fingerprint density at radius 3 is 2.63 bits per heavy atom.